The zero-order valence-corrected chi connectivity index (χ0v) is 11.4. The summed E-state index contributed by atoms with van der Waals surface area (Å²) in [5.74, 6) is 1.49. The van der Waals surface area contributed by atoms with Gasteiger partial charge in [0.25, 0.3) is 0 Å². The number of fused-ring (bicyclic) bond motifs is 3. The van der Waals surface area contributed by atoms with Crippen LogP contribution in [-0.2, 0) is 0 Å². The third-order valence-electron chi connectivity index (χ3n) is 4.45. The van der Waals surface area contributed by atoms with E-state index >= 15 is 0 Å². The summed E-state index contributed by atoms with van der Waals surface area (Å²) in [4.78, 5) is 13.2. The predicted octanol–water partition coefficient (Wildman–Crippen LogP) is 0.175. The van der Waals surface area contributed by atoms with Crippen molar-refractivity contribution < 1.29 is 9.69 Å². The first-order valence-corrected chi connectivity index (χ1v) is 7.23. The maximum absolute atomic E-state index is 11.5. The molecule has 3 aliphatic rings. The van der Waals surface area contributed by atoms with Gasteiger partial charge in [0, 0.05) is 25.3 Å². The van der Waals surface area contributed by atoms with E-state index in [-0.39, 0.29) is 6.03 Å². The fourth-order valence-electron chi connectivity index (χ4n) is 3.37. The Hall–Kier alpha value is -1.03. The van der Waals surface area contributed by atoms with Crippen molar-refractivity contribution in [2.75, 3.05) is 26.2 Å². The first kappa shape index (κ1) is 13.4. The number of piperidine rings is 3. The van der Waals surface area contributed by atoms with Crippen LogP contribution in [0.1, 0.15) is 26.2 Å². The standard InChI is InChI=1S/C14H25N3O/c1-3-6-15-14(18)16-9-13-8-12-5-7-17(13)10-11(12)4-2/h4,11-13H,2-3,5-10H2,1H3,(H2,15,16,18)/p+1/t11-,12-,13+/m0/s1. The molecule has 0 aromatic rings. The van der Waals surface area contributed by atoms with Crippen molar-refractivity contribution in [1.82, 2.24) is 10.6 Å². The Morgan fingerprint density at radius 3 is 2.94 bits per heavy atom. The molecule has 4 nitrogen and oxygen atoms in total. The van der Waals surface area contributed by atoms with Crippen LogP contribution in [0.25, 0.3) is 0 Å². The van der Waals surface area contributed by atoms with E-state index in [9.17, 15) is 4.79 Å². The van der Waals surface area contributed by atoms with Gasteiger partial charge in [-0.3, -0.25) is 0 Å². The van der Waals surface area contributed by atoms with Gasteiger partial charge in [-0.2, -0.15) is 0 Å². The number of rotatable bonds is 5. The van der Waals surface area contributed by atoms with E-state index in [1.54, 1.807) is 4.90 Å². The molecule has 0 radical (unpaired) electrons. The van der Waals surface area contributed by atoms with Crippen LogP contribution in [0.15, 0.2) is 12.7 Å². The van der Waals surface area contributed by atoms with E-state index in [1.165, 1.54) is 25.9 Å². The molecule has 0 aromatic carbocycles. The van der Waals surface area contributed by atoms with Crippen molar-refractivity contribution in [2.24, 2.45) is 11.8 Å². The van der Waals surface area contributed by atoms with Crippen molar-refractivity contribution in [3.63, 3.8) is 0 Å². The number of carbonyl (C=O) groups excluding carboxylic acids is 1. The van der Waals surface area contributed by atoms with Crippen molar-refractivity contribution in [1.29, 1.82) is 0 Å². The van der Waals surface area contributed by atoms with Gasteiger partial charge in [-0.25, -0.2) is 4.79 Å². The number of quaternary nitrogens is 1. The highest BCUT2D eigenvalue weighted by Gasteiger charge is 2.42. The van der Waals surface area contributed by atoms with Crippen LogP contribution in [0.2, 0.25) is 0 Å². The molecule has 3 rings (SSSR count). The van der Waals surface area contributed by atoms with Crippen molar-refractivity contribution in [2.45, 2.75) is 32.2 Å². The van der Waals surface area contributed by atoms with Crippen molar-refractivity contribution in [3.05, 3.63) is 12.7 Å². The minimum Gasteiger partial charge on any atom is -0.338 e. The van der Waals surface area contributed by atoms with Gasteiger partial charge >= 0.3 is 6.03 Å². The molecule has 3 fully saturated rings. The number of carbonyl (C=O) groups is 1. The maximum atomic E-state index is 11.5. The second-order valence-electron chi connectivity index (χ2n) is 5.63. The first-order chi connectivity index (χ1) is 8.74. The molecule has 1 unspecified atom stereocenters. The quantitative estimate of drug-likeness (QED) is 0.600. The highest BCUT2D eigenvalue weighted by molar-refractivity contribution is 5.73. The molecule has 3 N–H and O–H groups in total. The molecule has 4 atom stereocenters. The molecule has 3 aliphatic heterocycles. The summed E-state index contributed by atoms with van der Waals surface area (Å²) < 4.78 is 0. The Balaban J connectivity index is 1.75. The summed E-state index contributed by atoms with van der Waals surface area (Å²) in [5, 5.41) is 5.87. The SMILES string of the molecule is C=C[C@H]1C[NH+]2CC[C@H]1C[C@@H]2CNC(=O)NCCC. The lowest BCUT2D eigenvalue weighted by atomic mass is 9.75. The predicted molar refractivity (Wildman–Crippen MR) is 72.6 cm³/mol. The van der Waals surface area contributed by atoms with E-state index in [0.29, 0.717) is 12.0 Å². The molecular weight excluding hydrogens is 226 g/mol. The molecule has 0 saturated carbocycles. The third kappa shape index (κ3) is 3.05. The molecule has 4 heteroatoms. The highest BCUT2D eigenvalue weighted by Crippen LogP contribution is 2.27. The monoisotopic (exact) mass is 252 g/mol. The summed E-state index contributed by atoms with van der Waals surface area (Å²) in [7, 11) is 0. The second kappa shape index (κ2) is 6.23. The van der Waals surface area contributed by atoms with E-state index in [4.69, 9.17) is 0 Å². The van der Waals surface area contributed by atoms with Crippen LogP contribution in [-0.4, -0.2) is 38.3 Å². The number of hydrogen-bond donors (Lipinski definition) is 3. The van der Waals surface area contributed by atoms with Crippen molar-refractivity contribution >= 4 is 6.03 Å². The molecular formula is C14H26N3O+. The smallest absolute Gasteiger partial charge is 0.315 e. The lowest BCUT2D eigenvalue weighted by Crippen LogP contribution is -3.20. The second-order valence-corrected chi connectivity index (χ2v) is 5.63. The van der Waals surface area contributed by atoms with E-state index < -0.39 is 0 Å². The van der Waals surface area contributed by atoms with E-state index in [2.05, 4.69) is 30.2 Å². The van der Waals surface area contributed by atoms with Gasteiger partial charge in [-0.15, -0.1) is 6.58 Å². The molecule has 0 aromatic heterocycles. The Kier molecular flexibility index (Phi) is 4.64. The van der Waals surface area contributed by atoms with Crippen LogP contribution in [0.3, 0.4) is 0 Å². The molecule has 0 aliphatic carbocycles. The minimum atomic E-state index is -0.0147. The largest absolute Gasteiger partial charge is 0.338 e. The highest BCUT2D eigenvalue weighted by atomic mass is 16.2. The molecule has 2 bridgehead atoms. The summed E-state index contributed by atoms with van der Waals surface area (Å²) in [5.41, 5.74) is 0. The average Bonchev–Trinajstić information content (AvgIpc) is 2.43. The van der Waals surface area contributed by atoms with Crippen LogP contribution in [0, 0.1) is 11.8 Å². The normalized spacial score (nSPS) is 34.1. The Morgan fingerprint density at radius 1 is 1.50 bits per heavy atom. The summed E-state index contributed by atoms with van der Waals surface area (Å²) in [6.45, 7) is 10.0. The molecule has 3 saturated heterocycles. The zero-order chi connectivity index (χ0) is 13.0. The topological polar surface area (TPSA) is 45.6 Å². The summed E-state index contributed by atoms with van der Waals surface area (Å²) in [6, 6.07) is 0.589. The van der Waals surface area contributed by atoms with Crippen molar-refractivity contribution in [3.8, 4) is 0 Å². The summed E-state index contributed by atoms with van der Waals surface area (Å²) >= 11 is 0. The van der Waals surface area contributed by atoms with Crippen LogP contribution >= 0.6 is 0 Å². The Labute approximate surface area is 110 Å². The van der Waals surface area contributed by atoms with Gasteiger partial charge < -0.3 is 15.5 Å². The fraction of sp³-hybridized carbons (Fsp3) is 0.786. The van der Waals surface area contributed by atoms with Gasteiger partial charge in [0.05, 0.1) is 19.6 Å². The first-order valence-electron chi connectivity index (χ1n) is 7.23. The van der Waals surface area contributed by atoms with Gasteiger partial charge in [0.1, 0.15) is 6.04 Å². The Bertz CT molecular complexity index is 305. The van der Waals surface area contributed by atoms with Gasteiger partial charge in [0.2, 0.25) is 0 Å². The fourth-order valence-corrected chi connectivity index (χ4v) is 3.37. The molecule has 102 valence electrons. The lowest BCUT2D eigenvalue weighted by molar-refractivity contribution is -0.944. The lowest BCUT2D eigenvalue weighted by Gasteiger charge is -2.46. The summed E-state index contributed by atoms with van der Waals surface area (Å²) in [6.07, 6.45) is 5.67. The van der Waals surface area contributed by atoms with Crippen LogP contribution < -0.4 is 15.5 Å². The zero-order valence-electron chi connectivity index (χ0n) is 11.4. The molecule has 18 heavy (non-hydrogen) atoms. The number of hydrogen-bond acceptors (Lipinski definition) is 1. The van der Waals surface area contributed by atoms with Crippen LogP contribution in [0.5, 0.6) is 0 Å². The Morgan fingerprint density at radius 2 is 2.33 bits per heavy atom. The number of amides is 2. The third-order valence-corrected chi connectivity index (χ3v) is 4.45. The van der Waals surface area contributed by atoms with E-state index in [0.717, 1.165) is 25.4 Å². The van der Waals surface area contributed by atoms with Gasteiger partial charge in [-0.1, -0.05) is 13.0 Å². The molecule has 3 heterocycles. The molecule has 0 spiro atoms. The number of urea groups is 1. The maximum Gasteiger partial charge on any atom is 0.315 e. The van der Waals surface area contributed by atoms with Crippen LogP contribution in [0.4, 0.5) is 4.79 Å². The molecule has 2 amide bonds. The average molecular weight is 252 g/mol. The number of nitrogens with one attached hydrogen (secondary N) is 3. The minimum absolute atomic E-state index is 0.0147. The van der Waals surface area contributed by atoms with Gasteiger partial charge in [0.15, 0.2) is 0 Å². The van der Waals surface area contributed by atoms with E-state index in [1.807, 2.05) is 0 Å². The van der Waals surface area contributed by atoms with Gasteiger partial charge in [-0.05, 0) is 12.3 Å².